The van der Waals surface area contributed by atoms with E-state index < -0.39 is 0 Å². The van der Waals surface area contributed by atoms with Crippen LogP contribution < -0.4 is 15.6 Å². The average Bonchev–Trinajstić information content (AvgIpc) is 2.66. The third-order valence-corrected chi connectivity index (χ3v) is 4.36. The van der Waals surface area contributed by atoms with Gasteiger partial charge in [0.05, 0.1) is 24.3 Å². The fraction of sp³-hybridized carbons (Fsp3) is 0.222. The molecule has 0 fully saturated rings. The minimum absolute atomic E-state index is 0.151. The Kier molecular flexibility index (Phi) is 5.62. The third-order valence-electron chi connectivity index (χ3n) is 3.86. The number of nitrogens with zero attached hydrogens (tertiary/aromatic N) is 3. The lowest BCUT2D eigenvalue weighted by Gasteiger charge is -2.08. The number of ether oxygens (including phenoxy) is 1. The van der Waals surface area contributed by atoms with Crippen molar-refractivity contribution in [2.45, 2.75) is 19.5 Å². The van der Waals surface area contributed by atoms with Crippen LogP contribution in [0.3, 0.4) is 0 Å². The molecule has 3 aromatic rings. The van der Waals surface area contributed by atoms with Crippen LogP contribution in [0.25, 0.3) is 10.9 Å². The first-order chi connectivity index (χ1) is 12.6. The predicted octanol–water partition coefficient (Wildman–Crippen LogP) is 2.27. The largest absolute Gasteiger partial charge is 0.481 e. The zero-order chi connectivity index (χ0) is 18.5. The second-order valence-electron chi connectivity index (χ2n) is 5.64. The molecule has 0 unspecified atom stereocenters. The van der Waals surface area contributed by atoms with Crippen LogP contribution >= 0.6 is 15.9 Å². The lowest BCUT2D eigenvalue weighted by Crippen LogP contribution is -2.27. The van der Waals surface area contributed by atoms with Gasteiger partial charge in [-0.05, 0) is 23.8 Å². The van der Waals surface area contributed by atoms with Crippen LogP contribution in [-0.2, 0) is 17.9 Å². The smallest absolute Gasteiger partial charge is 0.261 e. The Balaban J connectivity index is 1.59. The minimum atomic E-state index is -0.163. The van der Waals surface area contributed by atoms with Crippen LogP contribution in [0.5, 0.6) is 5.88 Å². The summed E-state index contributed by atoms with van der Waals surface area (Å²) in [6, 6.07) is 8.92. The molecular formula is C18H17BrN4O3. The summed E-state index contributed by atoms with van der Waals surface area (Å²) in [4.78, 5) is 32.9. The zero-order valence-electron chi connectivity index (χ0n) is 14.1. The van der Waals surface area contributed by atoms with Gasteiger partial charge < -0.3 is 10.1 Å². The van der Waals surface area contributed by atoms with E-state index in [2.05, 4.69) is 31.2 Å². The highest BCUT2D eigenvalue weighted by Crippen LogP contribution is 2.14. The van der Waals surface area contributed by atoms with E-state index in [0.29, 0.717) is 23.3 Å². The Morgan fingerprint density at radius 3 is 2.85 bits per heavy atom. The van der Waals surface area contributed by atoms with Crippen LogP contribution in [0.2, 0.25) is 0 Å². The Labute approximate surface area is 158 Å². The van der Waals surface area contributed by atoms with Crippen LogP contribution in [-0.4, -0.2) is 27.6 Å². The number of carbonyl (C=O) groups excluding carboxylic acids is 1. The summed E-state index contributed by atoms with van der Waals surface area (Å²) >= 11 is 3.35. The number of hydrogen-bond acceptors (Lipinski definition) is 5. The maximum absolute atomic E-state index is 12.5. The van der Waals surface area contributed by atoms with Gasteiger partial charge in [0.15, 0.2) is 0 Å². The summed E-state index contributed by atoms with van der Waals surface area (Å²) in [7, 11) is 1.55. The van der Waals surface area contributed by atoms with E-state index in [4.69, 9.17) is 4.74 Å². The number of benzene rings is 1. The van der Waals surface area contributed by atoms with Gasteiger partial charge in [0.25, 0.3) is 5.56 Å². The number of amides is 1. The first kappa shape index (κ1) is 18.1. The predicted molar refractivity (Wildman–Crippen MR) is 101 cm³/mol. The normalized spacial score (nSPS) is 10.7. The van der Waals surface area contributed by atoms with Gasteiger partial charge in [0.2, 0.25) is 11.8 Å². The standard InChI is InChI=1S/C18H17BrN4O3/c1-26-17-5-2-12(10-21-17)9-20-16(24)6-7-23-11-22-15-4-3-13(19)8-14(15)18(23)25/h2-5,8,10-11H,6-7,9H2,1H3,(H,20,24). The quantitative estimate of drug-likeness (QED) is 0.665. The molecule has 0 aliphatic rings. The molecular weight excluding hydrogens is 400 g/mol. The van der Waals surface area contributed by atoms with Gasteiger partial charge in [0.1, 0.15) is 0 Å². The molecule has 3 rings (SSSR count). The maximum Gasteiger partial charge on any atom is 0.261 e. The molecule has 7 nitrogen and oxygen atoms in total. The van der Waals surface area contributed by atoms with E-state index in [1.807, 2.05) is 12.1 Å². The van der Waals surface area contributed by atoms with Crippen molar-refractivity contribution in [3.63, 3.8) is 0 Å². The van der Waals surface area contributed by atoms with Gasteiger partial charge >= 0.3 is 0 Å². The van der Waals surface area contributed by atoms with Gasteiger partial charge in [-0.15, -0.1) is 0 Å². The molecule has 0 bridgehead atoms. The Morgan fingerprint density at radius 2 is 2.12 bits per heavy atom. The molecule has 2 aromatic heterocycles. The Hall–Kier alpha value is -2.74. The fourth-order valence-electron chi connectivity index (χ4n) is 2.44. The third kappa shape index (κ3) is 4.26. The second-order valence-corrected chi connectivity index (χ2v) is 6.56. The summed E-state index contributed by atoms with van der Waals surface area (Å²) < 4.78 is 7.25. The number of rotatable bonds is 6. The molecule has 1 amide bonds. The fourth-order valence-corrected chi connectivity index (χ4v) is 2.80. The topological polar surface area (TPSA) is 86.1 Å². The Morgan fingerprint density at radius 1 is 1.27 bits per heavy atom. The monoisotopic (exact) mass is 416 g/mol. The number of hydrogen-bond donors (Lipinski definition) is 1. The minimum Gasteiger partial charge on any atom is -0.481 e. The number of nitrogens with one attached hydrogen (secondary N) is 1. The van der Waals surface area contributed by atoms with E-state index in [1.54, 1.807) is 31.5 Å². The average molecular weight is 417 g/mol. The number of aryl methyl sites for hydroxylation is 1. The van der Waals surface area contributed by atoms with Crippen molar-refractivity contribution in [1.82, 2.24) is 19.9 Å². The highest BCUT2D eigenvalue weighted by molar-refractivity contribution is 9.10. The molecule has 0 saturated heterocycles. The highest BCUT2D eigenvalue weighted by Gasteiger charge is 2.07. The molecule has 134 valence electrons. The molecule has 1 aromatic carbocycles. The molecule has 0 atom stereocenters. The molecule has 0 radical (unpaired) electrons. The van der Waals surface area contributed by atoms with E-state index in [1.165, 1.54) is 10.9 Å². The summed E-state index contributed by atoms with van der Waals surface area (Å²) in [5.74, 6) is 0.372. The first-order valence-corrected chi connectivity index (χ1v) is 8.76. The maximum atomic E-state index is 12.5. The number of pyridine rings is 1. The second kappa shape index (κ2) is 8.09. The SMILES string of the molecule is COc1ccc(CNC(=O)CCn2cnc3ccc(Br)cc3c2=O)cn1. The summed E-state index contributed by atoms with van der Waals surface area (Å²) in [6.07, 6.45) is 3.30. The molecule has 0 spiro atoms. The van der Waals surface area contributed by atoms with Gasteiger partial charge in [0, 0.05) is 36.2 Å². The van der Waals surface area contributed by atoms with Gasteiger partial charge in [-0.3, -0.25) is 14.2 Å². The van der Waals surface area contributed by atoms with Crippen LogP contribution in [0.15, 0.2) is 52.1 Å². The molecule has 0 aliphatic carbocycles. The highest BCUT2D eigenvalue weighted by atomic mass is 79.9. The lowest BCUT2D eigenvalue weighted by molar-refractivity contribution is -0.121. The van der Waals surface area contributed by atoms with Crippen molar-refractivity contribution in [1.29, 1.82) is 0 Å². The van der Waals surface area contributed by atoms with Gasteiger partial charge in [-0.1, -0.05) is 22.0 Å². The zero-order valence-corrected chi connectivity index (χ0v) is 15.7. The van der Waals surface area contributed by atoms with Gasteiger partial charge in [-0.2, -0.15) is 0 Å². The van der Waals surface area contributed by atoms with Crippen LogP contribution in [0.1, 0.15) is 12.0 Å². The van der Waals surface area contributed by atoms with Crippen molar-refractivity contribution >= 4 is 32.7 Å². The molecule has 0 aliphatic heterocycles. The summed E-state index contributed by atoms with van der Waals surface area (Å²) in [5.41, 5.74) is 1.34. The van der Waals surface area contributed by atoms with Crippen molar-refractivity contribution in [3.05, 3.63) is 63.2 Å². The van der Waals surface area contributed by atoms with E-state index >= 15 is 0 Å². The van der Waals surface area contributed by atoms with Gasteiger partial charge in [-0.25, -0.2) is 9.97 Å². The summed E-state index contributed by atoms with van der Waals surface area (Å²) in [5, 5.41) is 3.33. The van der Waals surface area contributed by atoms with E-state index in [0.717, 1.165) is 10.0 Å². The molecule has 1 N–H and O–H groups in total. The first-order valence-electron chi connectivity index (χ1n) is 7.97. The molecule has 0 saturated carbocycles. The molecule has 2 heterocycles. The Bertz CT molecular complexity index is 986. The van der Waals surface area contributed by atoms with Crippen LogP contribution in [0, 0.1) is 0 Å². The molecule has 26 heavy (non-hydrogen) atoms. The molecule has 8 heteroatoms. The van der Waals surface area contributed by atoms with E-state index in [-0.39, 0.29) is 24.4 Å². The van der Waals surface area contributed by atoms with Crippen molar-refractivity contribution in [2.75, 3.05) is 7.11 Å². The van der Waals surface area contributed by atoms with Crippen molar-refractivity contribution in [2.24, 2.45) is 0 Å². The van der Waals surface area contributed by atoms with E-state index in [9.17, 15) is 9.59 Å². The summed E-state index contributed by atoms with van der Waals surface area (Å²) in [6.45, 7) is 0.634. The lowest BCUT2D eigenvalue weighted by atomic mass is 10.2. The number of aromatic nitrogens is 3. The van der Waals surface area contributed by atoms with Crippen LogP contribution in [0.4, 0.5) is 0 Å². The number of carbonyl (C=O) groups is 1. The number of methoxy groups -OCH3 is 1. The van der Waals surface area contributed by atoms with Crippen molar-refractivity contribution in [3.8, 4) is 5.88 Å². The van der Waals surface area contributed by atoms with Crippen molar-refractivity contribution < 1.29 is 9.53 Å². The number of fused-ring (bicyclic) bond motifs is 1. The number of halogens is 1.